The Morgan fingerprint density at radius 1 is 1.05 bits per heavy atom. The van der Waals surface area contributed by atoms with Crippen molar-refractivity contribution in [1.29, 1.82) is 0 Å². The fourth-order valence-electron chi connectivity index (χ4n) is 3.53. The zero-order valence-corrected chi connectivity index (χ0v) is 13.8. The van der Waals surface area contributed by atoms with Gasteiger partial charge in [-0.05, 0) is 38.8 Å². The molecule has 0 unspecified atom stereocenters. The minimum Gasteiger partial charge on any atom is -0.342 e. The first-order valence-electron chi connectivity index (χ1n) is 8.57. The number of nitrogens with zero attached hydrogens (tertiary/aromatic N) is 3. The highest BCUT2D eigenvalue weighted by Gasteiger charge is 2.29. The quantitative estimate of drug-likeness (QED) is 0.776. The van der Waals surface area contributed by atoms with Gasteiger partial charge in [0, 0.05) is 42.6 Å². The molecule has 0 saturated carbocycles. The summed E-state index contributed by atoms with van der Waals surface area (Å²) in [6.45, 7) is 6.72. The summed E-state index contributed by atoms with van der Waals surface area (Å²) in [4.78, 5) is 2.42. The molecule has 0 N–H and O–H groups in total. The van der Waals surface area contributed by atoms with Gasteiger partial charge in [-0.2, -0.15) is 5.10 Å². The van der Waals surface area contributed by atoms with Crippen LogP contribution in [0.15, 0.2) is 47.2 Å². The number of para-hydroxylation sites is 1. The van der Waals surface area contributed by atoms with Crippen LogP contribution in [0.25, 0.3) is 0 Å². The summed E-state index contributed by atoms with van der Waals surface area (Å²) in [5.74, 6) is 0.392. The van der Waals surface area contributed by atoms with Crippen molar-refractivity contribution in [3.05, 3.63) is 42.1 Å². The molecule has 0 aromatic heterocycles. The SMILES string of the molecule is CC1=C[C@@H](/C=N\N2CCCCCC2)[C@H](C)N1c1ccccc1. The second kappa shape index (κ2) is 6.99. The Morgan fingerprint density at radius 3 is 2.41 bits per heavy atom. The summed E-state index contributed by atoms with van der Waals surface area (Å²) in [5.41, 5.74) is 2.60. The molecule has 0 spiro atoms. The van der Waals surface area contributed by atoms with E-state index in [9.17, 15) is 0 Å². The van der Waals surface area contributed by atoms with Crippen molar-refractivity contribution in [2.45, 2.75) is 45.6 Å². The van der Waals surface area contributed by atoms with E-state index in [1.54, 1.807) is 0 Å². The first-order chi connectivity index (χ1) is 10.8. The van der Waals surface area contributed by atoms with Crippen LogP contribution in [0.5, 0.6) is 0 Å². The van der Waals surface area contributed by atoms with Crippen molar-refractivity contribution in [3.8, 4) is 0 Å². The van der Waals surface area contributed by atoms with Crippen molar-refractivity contribution >= 4 is 11.9 Å². The van der Waals surface area contributed by atoms with Crippen molar-refractivity contribution in [2.75, 3.05) is 18.0 Å². The Labute approximate surface area is 134 Å². The summed E-state index contributed by atoms with van der Waals surface area (Å²) in [6.07, 6.45) is 9.77. The van der Waals surface area contributed by atoms with Crippen LogP contribution >= 0.6 is 0 Å². The zero-order valence-electron chi connectivity index (χ0n) is 13.8. The number of hydrazone groups is 1. The highest BCUT2D eigenvalue weighted by molar-refractivity contribution is 5.70. The summed E-state index contributed by atoms with van der Waals surface area (Å²) in [7, 11) is 0. The average molecular weight is 297 g/mol. The van der Waals surface area contributed by atoms with Crippen LogP contribution in [-0.2, 0) is 0 Å². The van der Waals surface area contributed by atoms with Crippen LogP contribution < -0.4 is 4.90 Å². The maximum Gasteiger partial charge on any atom is 0.0424 e. The van der Waals surface area contributed by atoms with Crippen LogP contribution in [0.4, 0.5) is 5.69 Å². The molecule has 118 valence electrons. The molecule has 3 nitrogen and oxygen atoms in total. The maximum atomic E-state index is 4.78. The predicted octanol–water partition coefficient (Wildman–Crippen LogP) is 4.28. The minimum atomic E-state index is 0.392. The van der Waals surface area contributed by atoms with E-state index in [-0.39, 0.29) is 0 Å². The van der Waals surface area contributed by atoms with Gasteiger partial charge < -0.3 is 4.90 Å². The van der Waals surface area contributed by atoms with Crippen molar-refractivity contribution < 1.29 is 0 Å². The van der Waals surface area contributed by atoms with Gasteiger partial charge in [0.05, 0.1) is 0 Å². The van der Waals surface area contributed by atoms with Crippen molar-refractivity contribution in [1.82, 2.24) is 5.01 Å². The normalized spacial score (nSPS) is 26.4. The second-order valence-corrected chi connectivity index (χ2v) is 6.46. The fraction of sp³-hybridized carbons (Fsp3) is 0.526. The molecule has 1 fully saturated rings. The monoisotopic (exact) mass is 297 g/mol. The number of benzene rings is 1. The molecule has 2 aliphatic heterocycles. The van der Waals surface area contributed by atoms with E-state index >= 15 is 0 Å². The van der Waals surface area contributed by atoms with E-state index in [1.165, 1.54) is 37.1 Å². The number of hydrogen-bond donors (Lipinski definition) is 0. The lowest BCUT2D eigenvalue weighted by Crippen LogP contribution is -2.31. The summed E-state index contributed by atoms with van der Waals surface area (Å²) in [5, 5.41) is 7.03. The Morgan fingerprint density at radius 2 is 1.73 bits per heavy atom. The minimum absolute atomic E-state index is 0.392. The molecule has 0 amide bonds. The van der Waals surface area contributed by atoms with Gasteiger partial charge in [-0.25, -0.2) is 0 Å². The van der Waals surface area contributed by atoms with Crippen LogP contribution in [0.2, 0.25) is 0 Å². The fourth-order valence-corrected chi connectivity index (χ4v) is 3.53. The molecule has 0 radical (unpaired) electrons. The third kappa shape index (κ3) is 3.34. The first-order valence-corrected chi connectivity index (χ1v) is 8.57. The molecule has 2 aliphatic rings. The molecule has 0 aliphatic carbocycles. The molecule has 1 aromatic rings. The zero-order chi connectivity index (χ0) is 15.4. The third-order valence-corrected chi connectivity index (χ3v) is 4.80. The van der Waals surface area contributed by atoms with E-state index < -0.39 is 0 Å². The summed E-state index contributed by atoms with van der Waals surface area (Å²) >= 11 is 0. The van der Waals surface area contributed by atoms with Gasteiger partial charge >= 0.3 is 0 Å². The standard InChI is InChI=1S/C19H27N3/c1-16-14-18(15-20-21-12-8-3-4-9-13-21)17(2)22(16)19-10-6-5-7-11-19/h5-7,10-11,14-15,17-18H,3-4,8-9,12-13H2,1-2H3/b20-15-/t17-,18-/m0/s1. The lowest BCUT2D eigenvalue weighted by Gasteiger charge is -2.28. The Bertz CT molecular complexity index is 527. The molecule has 22 heavy (non-hydrogen) atoms. The topological polar surface area (TPSA) is 18.8 Å². The average Bonchev–Trinajstić information content (AvgIpc) is 2.72. The smallest absolute Gasteiger partial charge is 0.0424 e. The highest BCUT2D eigenvalue weighted by Crippen LogP contribution is 2.31. The molecular formula is C19H27N3. The lowest BCUT2D eigenvalue weighted by molar-refractivity contribution is 0.300. The van der Waals surface area contributed by atoms with E-state index in [4.69, 9.17) is 5.10 Å². The number of hydrogen-bond acceptors (Lipinski definition) is 3. The molecular weight excluding hydrogens is 270 g/mol. The van der Waals surface area contributed by atoms with Gasteiger partial charge in [-0.3, -0.25) is 5.01 Å². The Hall–Kier alpha value is -1.77. The van der Waals surface area contributed by atoms with E-state index in [2.05, 4.69) is 66.4 Å². The van der Waals surface area contributed by atoms with E-state index in [1.807, 2.05) is 0 Å². The summed E-state index contributed by atoms with van der Waals surface area (Å²) < 4.78 is 0. The van der Waals surface area contributed by atoms with Gasteiger partial charge in [-0.15, -0.1) is 0 Å². The Balaban J connectivity index is 1.68. The predicted molar refractivity (Wildman–Crippen MR) is 94.2 cm³/mol. The van der Waals surface area contributed by atoms with Crippen LogP contribution in [0.3, 0.4) is 0 Å². The van der Waals surface area contributed by atoms with Gasteiger partial charge in [0.2, 0.25) is 0 Å². The molecule has 3 heteroatoms. The Kier molecular flexibility index (Phi) is 4.81. The van der Waals surface area contributed by atoms with E-state index in [0.717, 1.165) is 13.1 Å². The van der Waals surface area contributed by atoms with E-state index in [0.29, 0.717) is 12.0 Å². The molecule has 2 heterocycles. The van der Waals surface area contributed by atoms with Gasteiger partial charge in [0.1, 0.15) is 0 Å². The second-order valence-electron chi connectivity index (χ2n) is 6.46. The van der Waals surface area contributed by atoms with Crippen molar-refractivity contribution in [2.24, 2.45) is 11.0 Å². The number of anilines is 1. The third-order valence-electron chi connectivity index (χ3n) is 4.80. The molecule has 0 bridgehead atoms. The maximum absolute atomic E-state index is 4.78. The number of rotatable bonds is 3. The van der Waals surface area contributed by atoms with Gasteiger partial charge in [-0.1, -0.05) is 37.1 Å². The summed E-state index contributed by atoms with van der Waals surface area (Å²) in [6, 6.07) is 11.1. The molecule has 2 atom stereocenters. The van der Waals surface area contributed by atoms with Crippen molar-refractivity contribution in [3.63, 3.8) is 0 Å². The van der Waals surface area contributed by atoms with Crippen LogP contribution in [0.1, 0.15) is 39.5 Å². The molecule has 3 rings (SSSR count). The molecule has 1 aromatic carbocycles. The lowest BCUT2D eigenvalue weighted by atomic mass is 10.1. The molecule has 1 saturated heterocycles. The van der Waals surface area contributed by atoms with Gasteiger partial charge in [0.25, 0.3) is 0 Å². The first kappa shape index (κ1) is 15.1. The largest absolute Gasteiger partial charge is 0.342 e. The van der Waals surface area contributed by atoms with Crippen LogP contribution in [0, 0.1) is 5.92 Å². The van der Waals surface area contributed by atoms with Crippen LogP contribution in [-0.4, -0.2) is 30.4 Å². The van der Waals surface area contributed by atoms with Gasteiger partial charge in [0.15, 0.2) is 0 Å². The highest BCUT2D eigenvalue weighted by atomic mass is 15.4. The number of allylic oxidation sites excluding steroid dienone is 1.